The number of hydrogen-bond acceptors (Lipinski definition) is 2. The van der Waals surface area contributed by atoms with Crippen LogP contribution in [-0.4, -0.2) is 0 Å². The third kappa shape index (κ3) is 2.98. The van der Waals surface area contributed by atoms with Crippen LogP contribution in [-0.2, 0) is 13.0 Å². The van der Waals surface area contributed by atoms with E-state index in [-0.39, 0.29) is 5.43 Å². The fourth-order valence-electron chi connectivity index (χ4n) is 1.75. The summed E-state index contributed by atoms with van der Waals surface area (Å²) in [7, 11) is 0. The van der Waals surface area contributed by atoms with Crippen LogP contribution in [0.3, 0.4) is 0 Å². The van der Waals surface area contributed by atoms with Crippen LogP contribution in [0.15, 0.2) is 59.4 Å². The van der Waals surface area contributed by atoms with E-state index in [9.17, 15) is 4.79 Å². The molecule has 0 aliphatic rings. The lowest BCUT2D eigenvalue weighted by molar-refractivity contribution is 0.303. The van der Waals surface area contributed by atoms with Gasteiger partial charge in [0, 0.05) is 5.56 Å². The van der Waals surface area contributed by atoms with E-state index >= 15 is 0 Å². The van der Waals surface area contributed by atoms with E-state index in [1.807, 2.05) is 55.5 Å². The van der Waals surface area contributed by atoms with Crippen LogP contribution in [0, 0.1) is 0 Å². The predicted octanol–water partition coefficient (Wildman–Crippen LogP) is 3.19. The van der Waals surface area contributed by atoms with E-state index < -0.39 is 0 Å². The summed E-state index contributed by atoms with van der Waals surface area (Å²) in [5.41, 5.74) is 1.82. The van der Waals surface area contributed by atoms with E-state index in [0.717, 1.165) is 17.5 Å². The highest BCUT2D eigenvalue weighted by Gasteiger charge is 2.03. The average molecular weight is 240 g/mol. The summed E-state index contributed by atoms with van der Waals surface area (Å²) in [4.78, 5) is 12.1. The maximum Gasteiger partial charge on any atom is 0.223 e. The minimum Gasteiger partial charge on any atom is -0.485 e. The minimum atomic E-state index is -0.0153. The van der Waals surface area contributed by atoms with Crippen molar-refractivity contribution in [1.29, 1.82) is 0 Å². The summed E-state index contributed by atoms with van der Waals surface area (Å²) in [6.07, 6.45) is 0.717. The van der Waals surface area contributed by atoms with E-state index in [1.54, 1.807) is 6.07 Å². The van der Waals surface area contributed by atoms with Gasteiger partial charge in [-0.05, 0) is 18.1 Å². The summed E-state index contributed by atoms with van der Waals surface area (Å²) in [6.45, 7) is 2.39. The summed E-state index contributed by atoms with van der Waals surface area (Å²) in [6, 6.07) is 17.1. The van der Waals surface area contributed by atoms with Crippen LogP contribution < -0.4 is 10.2 Å². The van der Waals surface area contributed by atoms with Crippen LogP contribution in [0.25, 0.3) is 0 Å². The van der Waals surface area contributed by atoms with Gasteiger partial charge >= 0.3 is 0 Å². The first-order valence-corrected chi connectivity index (χ1v) is 6.10. The van der Waals surface area contributed by atoms with Gasteiger partial charge in [0.2, 0.25) is 5.43 Å². The van der Waals surface area contributed by atoms with Gasteiger partial charge in [-0.3, -0.25) is 4.79 Å². The Morgan fingerprint density at radius 3 is 2.33 bits per heavy atom. The Labute approximate surface area is 107 Å². The monoisotopic (exact) mass is 240 g/mol. The fourth-order valence-corrected chi connectivity index (χ4v) is 1.75. The Hall–Kier alpha value is -2.09. The molecule has 0 aromatic heterocycles. The average Bonchev–Trinajstić information content (AvgIpc) is 2.59. The molecule has 0 N–H and O–H groups in total. The standard InChI is InChI=1S/C16H16O2/c1-2-14-10-6-7-11-15(16(14)17)18-12-13-8-4-3-5-9-13/h3-11H,2,12H2,1H3. The van der Waals surface area contributed by atoms with Crippen molar-refractivity contribution >= 4 is 0 Å². The van der Waals surface area contributed by atoms with Gasteiger partial charge in [0.05, 0.1) is 0 Å². The van der Waals surface area contributed by atoms with E-state index in [1.165, 1.54) is 0 Å². The molecule has 2 heteroatoms. The molecule has 18 heavy (non-hydrogen) atoms. The summed E-state index contributed by atoms with van der Waals surface area (Å²) < 4.78 is 5.61. The van der Waals surface area contributed by atoms with Crippen molar-refractivity contribution in [3.63, 3.8) is 0 Å². The summed E-state index contributed by atoms with van der Waals surface area (Å²) >= 11 is 0. The Bertz CT molecular complexity index is 562. The van der Waals surface area contributed by atoms with Crippen molar-refractivity contribution in [2.24, 2.45) is 0 Å². The Balaban J connectivity index is 2.20. The van der Waals surface area contributed by atoms with Crippen LogP contribution >= 0.6 is 0 Å². The predicted molar refractivity (Wildman–Crippen MR) is 72.9 cm³/mol. The lowest BCUT2D eigenvalue weighted by Crippen LogP contribution is -2.09. The summed E-state index contributed by atoms with van der Waals surface area (Å²) in [5, 5.41) is 0. The third-order valence-electron chi connectivity index (χ3n) is 2.79. The molecule has 0 spiro atoms. The Kier molecular flexibility index (Phi) is 4.13. The molecule has 0 saturated carbocycles. The fraction of sp³-hybridized carbons (Fsp3) is 0.188. The highest BCUT2D eigenvalue weighted by Crippen LogP contribution is 2.08. The van der Waals surface area contributed by atoms with Gasteiger partial charge in [-0.2, -0.15) is 0 Å². The molecule has 0 atom stereocenters. The van der Waals surface area contributed by atoms with Gasteiger partial charge in [-0.25, -0.2) is 0 Å². The molecule has 0 saturated heterocycles. The van der Waals surface area contributed by atoms with E-state index in [4.69, 9.17) is 4.74 Å². The van der Waals surface area contributed by atoms with Gasteiger partial charge in [0.25, 0.3) is 0 Å². The van der Waals surface area contributed by atoms with Crippen molar-refractivity contribution < 1.29 is 4.74 Å². The first kappa shape index (κ1) is 12.4. The highest BCUT2D eigenvalue weighted by atomic mass is 16.5. The van der Waals surface area contributed by atoms with Crippen molar-refractivity contribution in [3.05, 3.63) is 75.9 Å². The van der Waals surface area contributed by atoms with E-state index in [2.05, 4.69) is 0 Å². The van der Waals surface area contributed by atoms with Crippen molar-refractivity contribution in [2.75, 3.05) is 0 Å². The first-order valence-electron chi connectivity index (χ1n) is 6.10. The quantitative estimate of drug-likeness (QED) is 0.820. The normalized spacial score (nSPS) is 10.1. The third-order valence-corrected chi connectivity index (χ3v) is 2.79. The van der Waals surface area contributed by atoms with E-state index in [0.29, 0.717) is 12.4 Å². The molecule has 0 radical (unpaired) electrons. The molecule has 0 heterocycles. The molecule has 0 unspecified atom stereocenters. The highest BCUT2D eigenvalue weighted by molar-refractivity contribution is 5.27. The van der Waals surface area contributed by atoms with Crippen LogP contribution in [0.1, 0.15) is 18.1 Å². The molecule has 2 aromatic carbocycles. The van der Waals surface area contributed by atoms with Gasteiger partial charge in [-0.15, -0.1) is 0 Å². The molecule has 2 nitrogen and oxygen atoms in total. The van der Waals surface area contributed by atoms with Gasteiger partial charge in [-0.1, -0.05) is 55.5 Å². The zero-order chi connectivity index (χ0) is 12.8. The summed E-state index contributed by atoms with van der Waals surface area (Å²) in [5.74, 6) is 0.417. The zero-order valence-corrected chi connectivity index (χ0v) is 10.4. The maximum absolute atomic E-state index is 12.1. The van der Waals surface area contributed by atoms with Gasteiger partial charge in [0.1, 0.15) is 6.61 Å². The topological polar surface area (TPSA) is 26.3 Å². The second kappa shape index (κ2) is 6.01. The number of rotatable bonds is 4. The minimum absolute atomic E-state index is 0.0153. The first-order chi connectivity index (χ1) is 8.81. The Morgan fingerprint density at radius 1 is 0.944 bits per heavy atom. The lowest BCUT2D eigenvalue weighted by atomic mass is 10.2. The van der Waals surface area contributed by atoms with Crippen molar-refractivity contribution in [2.45, 2.75) is 20.0 Å². The van der Waals surface area contributed by atoms with Gasteiger partial charge in [0.15, 0.2) is 5.75 Å². The molecule has 2 rings (SSSR count). The largest absolute Gasteiger partial charge is 0.485 e. The molecule has 2 aromatic rings. The zero-order valence-electron chi connectivity index (χ0n) is 10.4. The molecule has 0 aliphatic heterocycles. The molecule has 92 valence electrons. The second-order valence-electron chi connectivity index (χ2n) is 4.06. The van der Waals surface area contributed by atoms with Crippen LogP contribution in [0.5, 0.6) is 5.75 Å². The lowest BCUT2D eigenvalue weighted by Gasteiger charge is -2.04. The van der Waals surface area contributed by atoms with Crippen molar-refractivity contribution in [1.82, 2.24) is 0 Å². The van der Waals surface area contributed by atoms with Crippen LogP contribution in [0.2, 0.25) is 0 Å². The van der Waals surface area contributed by atoms with Crippen LogP contribution in [0.4, 0.5) is 0 Å². The number of benzene rings is 1. The van der Waals surface area contributed by atoms with Crippen molar-refractivity contribution in [3.8, 4) is 5.75 Å². The number of ether oxygens (including phenoxy) is 1. The molecule has 0 bridgehead atoms. The Morgan fingerprint density at radius 2 is 1.61 bits per heavy atom. The molecular formula is C16H16O2. The smallest absolute Gasteiger partial charge is 0.223 e. The molecule has 0 fully saturated rings. The number of hydrogen-bond donors (Lipinski definition) is 0. The number of aryl methyl sites for hydroxylation is 1. The maximum atomic E-state index is 12.1. The molecule has 0 amide bonds. The second-order valence-corrected chi connectivity index (χ2v) is 4.06. The molecular weight excluding hydrogens is 224 g/mol. The SMILES string of the molecule is CCc1ccccc(OCc2ccccc2)c1=O. The molecule has 0 aliphatic carbocycles. The van der Waals surface area contributed by atoms with Gasteiger partial charge < -0.3 is 4.74 Å².